The van der Waals surface area contributed by atoms with Gasteiger partial charge in [0.15, 0.2) is 0 Å². The van der Waals surface area contributed by atoms with Crippen LogP contribution in [0.15, 0.2) is 24.8 Å². The lowest BCUT2D eigenvalue weighted by atomic mass is 9.73. The monoisotopic (exact) mass is 233 g/mol. The maximum absolute atomic E-state index is 12.3. The molecule has 3 heteroatoms. The van der Waals surface area contributed by atoms with Crippen molar-refractivity contribution in [3.63, 3.8) is 0 Å². The molecule has 3 nitrogen and oxygen atoms in total. The van der Waals surface area contributed by atoms with Gasteiger partial charge in [0.2, 0.25) is 11.8 Å². The number of hydrogen-bond acceptors (Lipinski definition) is 2. The van der Waals surface area contributed by atoms with E-state index in [9.17, 15) is 9.59 Å². The average Bonchev–Trinajstić information content (AvgIpc) is 2.55. The van der Waals surface area contributed by atoms with Gasteiger partial charge in [-0.2, -0.15) is 0 Å². The summed E-state index contributed by atoms with van der Waals surface area (Å²) in [6.07, 6.45) is 6.47. The van der Waals surface area contributed by atoms with Crippen molar-refractivity contribution >= 4 is 11.8 Å². The third-order valence-corrected chi connectivity index (χ3v) is 3.81. The summed E-state index contributed by atoms with van der Waals surface area (Å²) < 4.78 is 0. The molecule has 0 aromatic carbocycles. The van der Waals surface area contributed by atoms with Crippen molar-refractivity contribution in [2.75, 3.05) is 6.54 Å². The molecule has 1 heterocycles. The summed E-state index contributed by atoms with van der Waals surface area (Å²) in [5.41, 5.74) is 0. The number of allylic oxidation sites excluding steroid dienone is 2. The molecule has 0 saturated carbocycles. The fourth-order valence-corrected chi connectivity index (χ4v) is 2.94. The molecule has 0 spiro atoms. The van der Waals surface area contributed by atoms with Crippen LogP contribution in [0.2, 0.25) is 0 Å². The number of rotatable bonds is 3. The van der Waals surface area contributed by atoms with Crippen LogP contribution in [0.5, 0.6) is 0 Å². The summed E-state index contributed by atoms with van der Waals surface area (Å²) >= 11 is 0. The zero-order chi connectivity index (χ0) is 12.6. The van der Waals surface area contributed by atoms with Gasteiger partial charge in [-0.05, 0) is 18.3 Å². The third-order valence-electron chi connectivity index (χ3n) is 3.81. The summed E-state index contributed by atoms with van der Waals surface area (Å²) in [6, 6.07) is 0. The van der Waals surface area contributed by atoms with Gasteiger partial charge in [-0.3, -0.25) is 14.5 Å². The Morgan fingerprint density at radius 2 is 2.18 bits per heavy atom. The fourth-order valence-electron chi connectivity index (χ4n) is 2.94. The first-order valence-corrected chi connectivity index (χ1v) is 6.20. The van der Waals surface area contributed by atoms with Crippen LogP contribution in [0.25, 0.3) is 0 Å². The Bertz CT molecular complexity index is 384. The Morgan fingerprint density at radius 3 is 2.76 bits per heavy atom. The predicted octanol–water partition coefficient (Wildman–Crippen LogP) is 2.01. The number of hydrogen-bond donors (Lipinski definition) is 0. The van der Waals surface area contributed by atoms with E-state index < -0.39 is 0 Å². The molecule has 1 aliphatic heterocycles. The smallest absolute Gasteiger partial charge is 0.234 e. The molecule has 3 unspecified atom stereocenters. The molecule has 3 atom stereocenters. The molecule has 1 aliphatic carbocycles. The first-order chi connectivity index (χ1) is 8.07. The molecule has 1 fully saturated rings. The van der Waals surface area contributed by atoms with Gasteiger partial charge in [-0.25, -0.2) is 0 Å². The Hall–Kier alpha value is -1.38. The van der Waals surface area contributed by atoms with Gasteiger partial charge in [0.25, 0.3) is 0 Å². The second-order valence-corrected chi connectivity index (χ2v) is 5.19. The van der Waals surface area contributed by atoms with Gasteiger partial charge in [0.05, 0.1) is 11.8 Å². The van der Waals surface area contributed by atoms with E-state index in [1.165, 1.54) is 4.90 Å². The molecule has 0 aromatic rings. The van der Waals surface area contributed by atoms with Crippen molar-refractivity contribution in [1.82, 2.24) is 4.90 Å². The molecular formula is C14H19NO2. The molecule has 92 valence electrons. The first kappa shape index (κ1) is 12.1. The zero-order valence-corrected chi connectivity index (χ0v) is 10.4. The van der Waals surface area contributed by atoms with Crippen LogP contribution < -0.4 is 0 Å². The Kier molecular flexibility index (Phi) is 3.18. The molecule has 0 N–H and O–H groups in total. The topological polar surface area (TPSA) is 37.4 Å². The van der Waals surface area contributed by atoms with Gasteiger partial charge in [-0.1, -0.05) is 32.1 Å². The first-order valence-electron chi connectivity index (χ1n) is 6.20. The summed E-state index contributed by atoms with van der Waals surface area (Å²) in [6.45, 7) is 8.15. The lowest BCUT2D eigenvalue weighted by Gasteiger charge is -2.28. The van der Waals surface area contributed by atoms with Gasteiger partial charge in [0.1, 0.15) is 0 Å². The summed E-state index contributed by atoms with van der Waals surface area (Å²) in [7, 11) is 0. The minimum absolute atomic E-state index is 0.0112. The Morgan fingerprint density at radius 1 is 1.47 bits per heavy atom. The second kappa shape index (κ2) is 4.47. The van der Waals surface area contributed by atoms with Crippen molar-refractivity contribution in [2.45, 2.75) is 20.3 Å². The SMILES string of the molecule is C=CCN1C(=O)C2CC=CC(C(C)C)C2C1=O. The van der Waals surface area contributed by atoms with Crippen molar-refractivity contribution in [2.24, 2.45) is 23.7 Å². The van der Waals surface area contributed by atoms with E-state index in [0.29, 0.717) is 18.9 Å². The second-order valence-electron chi connectivity index (χ2n) is 5.19. The number of carbonyl (C=O) groups is 2. The van der Waals surface area contributed by atoms with Gasteiger partial charge < -0.3 is 0 Å². The lowest BCUT2D eigenvalue weighted by Crippen LogP contribution is -2.33. The van der Waals surface area contributed by atoms with Gasteiger partial charge >= 0.3 is 0 Å². The van der Waals surface area contributed by atoms with Crippen molar-refractivity contribution in [1.29, 1.82) is 0 Å². The number of fused-ring (bicyclic) bond motifs is 1. The molecule has 2 amide bonds. The third kappa shape index (κ3) is 1.84. The van der Waals surface area contributed by atoms with Crippen molar-refractivity contribution in [3.05, 3.63) is 24.8 Å². The fraction of sp³-hybridized carbons (Fsp3) is 0.571. The highest BCUT2D eigenvalue weighted by atomic mass is 16.2. The van der Waals surface area contributed by atoms with E-state index >= 15 is 0 Å². The molecule has 1 saturated heterocycles. The average molecular weight is 233 g/mol. The normalized spacial score (nSPS) is 32.2. The van der Waals surface area contributed by atoms with Crippen molar-refractivity contribution in [3.8, 4) is 0 Å². The van der Waals surface area contributed by atoms with Crippen LogP contribution in [0, 0.1) is 23.7 Å². The quantitative estimate of drug-likeness (QED) is 0.552. The zero-order valence-electron chi connectivity index (χ0n) is 10.4. The van der Waals surface area contributed by atoms with Crippen LogP contribution in [-0.4, -0.2) is 23.3 Å². The van der Waals surface area contributed by atoms with E-state index in [4.69, 9.17) is 0 Å². The predicted molar refractivity (Wildman–Crippen MR) is 66.0 cm³/mol. The molecule has 0 bridgehead atoms. The van der Waals surface area contributed by atoms with Crippen LogP contribution in [0.4, 0.5) is 0 Å². The summed E-state index contributed by atoms with van der Waals surface area (Å²) in [5.74, 6) is 0.268. The largest absolute Gasteiger partial charge is 0.278 e. The van der Waals surface area contributed by atoms with E-state index in [-0.39, 0.29) is 29.6 Å². The highest BCUT2D eigenvalue weighted by Crippen LogP contribution is 2.41. The number of nitrogens with zero attached hydrogens (tertiary/aromatic N) is 1. The highest BCUT2D eigenvalue weighted by Gasteiger charge is 2.50. The Labute approximate surface area is 102 Å². The molecule has 2 aliphatic rings. The van der Waals surface area contributed by atoms with Gasteiger partial charge in [0, 0.05) is 6.54 Å². The molecular weight excluding hydrogens is 214 g/mol. The van der Waals surface area contributed by atoms with E-state index in [1.54, 1.807) is 6.08 Å². The minimum Gasteiger partial charge on any atom is -0.278 e. The molecule has 0 radical (unpaired) electrons. The molecule has 0 aromatic heterocycles. The molecule has 17 heavy (non-hydrogen) atoms. The van der Waals surface area contributed by atoms with Gasteiger partial charge in [-0.15, -0.1) is 6.58 Å². The summed E-state index contributed by atoms with van der Waals surface area (Å²) in [4.78, 5) is 25.8. The maximum Gasteiger partial charge on any atom is 0.234 e. The van der Waals surface area contributed by atoms with E-state index in [2.05, 4.69) is 32.6 Å². The van der Waals surface area contributed by atoms with Crippen LogP contribution in [-0.2, 0) is 9.59 Å². The van der Waals surface area contributed by atoms with E-state index in [0.717, 1.165) is 0 Å². The number of amides is 2. The van der Waals surface area contributed by atoms with Crippen LogP contribution in [0.3, 0.4) is 0 Å². The van der Waals surface area contributed by atoms with Crippen molar-refractivity contribution < 1.29 is 9.59 Å². The Balaban J connectivity index is 2.30. The number of imide groups is 1. The minimum atomic E-state index is -0.146. The number of carbonyl (C=O) groups excluding carboxylic acids is 2. The van der Waals surface area contributed by atoms with Crippen LogP contribution >= 0.6 is 0 Å². The number of likely N-dealkylation sites (tertiary alicyclic amines) is 1. The maximum atomic E-state index is 12.3. The molecule has 2 rings (SSSR count). The summed E-state index contributed by atoms with van der Waals surface area (Å²) in [5, 5.41) is 0. The standard InChI is InChI=1S/C14H19NO2/c1-4-8-15-13(16)11-7-5-6-10(9(2)3)12(11)14(15)17/h4-6,9-12H,1,7-8H2,2-3H3. The highest BCUT2D eigenvalue weighted by molar-refractivity contribution is 6.05. The lowest BCUT2D eigenvalue weighted by molar-refractivity contribution is -0.139. The van der Waals surface area contributed by atoms with E-state index in [1.807, 2.05) is 0 Å². The van der Waals surface area contributed by atoms with Crippen LogP contribution in [0.1, 0.15) is 20.3 Å².